The number of carbonyl (C=O) groups is 2. The van der Waals surface area contributed by atoms with Gasteiger partial charge in [0.2, 0.25) is 5.89 Å². The topological polar surface area (TPSA) is 129 Å². The Morgan fingerprint density at radius 3 is 2.69 bits per heavy atom. The molecule has 4 rings (SSSR count). The summed E-state index contributed by atoms with van der Waals surface area (Å²) in [4.78, 5) is 32.7. The van der Waals surface area contributed by atoms with Gasteiger partial charge in [0.15, 0.2) is 11.4 Å². The molecule has 0 saturated carbocycles. The van der Waals surface area contributed by atoms with E-state index in [0.717, 1.165) is 5.69 Å². The van der Waals surface area contributed by atoms with Gasteiger partial charge in [0.25, 0.3) is 11.8 Å². The number of oxazole rings is 1. The average molecular weight is 388 g/mol. The van der Waals surface area contributed by atoms with Crippen molar-refractivity contribution in [1.29, 1.82) is 0 Å². The number of para-hydroxylation sites is 1. The quantitative estimate of drug-likeness (QED) is 0.541. The number of rotatable bonds is 5. The molecule has 9 nitrogen and oxygen atoms in total. The molecule has 9 heteroatoms. The van der Waals surface area contributed by atoms with E-state index < -0.39 is 11.8 Å². The van der Waals surface area contributed by atoms with Crippen molar-refractivity contribution in [3.63, 3.8) is 0 Å². The maximum Gasteiger partial charge on any atom is 0.277 e. The number of hydrogen-bond acceptors (Lipinski definition) is 6. The van der Waals surface area contributed by atoms with Crippen LogP contribution in [-0.2, 0) is 0 Å². The molecule has 0 atom stereocenters. The van der Waals surface area contributed by atoms with Gasteiger partial charge in [0, 0.05) is 17.5 Å². The molecule has 144 valence electrons. The van der Waals surface area contributed by atoms with E-state index in [1.54, 1.807) is 18.3 Å². The van der Waals surface area contributed by atoms with Crippen molar-refractivity contribution in [3.8, 4) is 17.1 Å². The van der Waals surface area contributed by atoms with Gasteiger partial charge in [-0.15, -0.1) is 0 Å². The zero-order chi connectivity index (χ0) is 20.4. The van der Waals surface area contributed by atoms with Gasteiger partial charge in [0.1, 0.15) is 6.26 Å². The highest BCUT2D eigenvalue weighted by Crippen LogP contribution is 2.21. The van der Waals surface area contributed by atoms with Gasteiger partial charge in [-0.25, -0.2) is 9.67 Å². The Balaban J connectivity index is 1.60. The van der Waals surface area contributed by atoms with Gasteiger partial charge in [-0.05, 0) is 31.2 Å². The molecule has 0 aliphatic rings. The Kier molecular flexibility index (Phi) is 4.62. The second-order valence-corrected chi connectivity index (χ2v) is 6.21. The van der Waals surface area contributed by atoms with E-state index in [9.17, 15) is 9.59 Å². The largest absolute Gasteiger partial charge is 0.444 e. The van der Waals surface area contributed by atoms with Crippen LogP contribution in [0.4, 0.5) is 5.69 Å². The Morgan fingerprint density at radius 1 is 1.17 bits per heavy atom. The molecule has 4 aromatic rings. The number of carbonyl (C=O) groups excluding carboxylic acids is 2. The summed E-state index contributed by atoms with van der Waals surface area (Å²) >= 11 is 0. The first kappa shape index (κ1) is 18.1. The van der Waals surface area contributed by atoms with Crippen LogP contribution in [0.5, 0.6) is 0 Å². The summed E-state index contributed by atoms with van der Waals surface area (Å²) < 4.78 is 6.87. The maximum atomic E-state index is 12.6. The average Bonchev–Trinajstić information content (AvgIpc) is 3.36. The van der Waals surface area contributed by atoms with E-state index in [1.165, 1.54) is 17.1 Å². The fourth-order valence-corrected chi connectivity index (χ4v) is 2.74. The minimum absolute atomic E-state index is 0.0531. The minimum Gasteiger partial charge on any atom is -0.444 e. The molecule has 2 amide bonds. The smallest absolute Gasteiger partial charge is 0.277 e. The van der Waals surface area contributed by atoms with Gasteiger partial charge in [0.05, 0.1) is 17.6 Å². The van der Waals surface area contributed by atoms with Crippen molar-refractivity contribution in [2.24, 2.45) is 5.73 Å². The summed E-state index contributed by atoms with van der Waals surface area (Å²) in [5, 5.41) is 6.78. The normalized spacial score (nSPS) is 10.7. The van der Waals surface area contributed by atoms with Crippen LogP contribution >= 0.6 is 0 Å². The maximum absolute atomic E-state index is 12.6. The van der Waals surface area contributed by atoms with Gasteiger partial charge < -0.3 is 15.5 Å². The molecular weight excluding hydrogens is 372 g/mol. The summed E-state index contributed by atoms with van der Waals surface area (Å²) in [5.41, 5.74) is 7.79. The fraction of sp³-hybridized carbons (Fsp3) is 0.0500. The highest BCUT2D eigenvalue weighted by Gasteiger charge is 2.20. The fourth-order valence-electron chi connectivity index (χ4n) is 2.74. The molecule has 0 aliphatic carbocycles. The number of anilines is 1. The summed E-state index contributed by atoms with van der Waals surface area (Å²) in [6.07, 6.45) is 4.39. The van der Waals surface area contributed by atoms with Crippen LogP contribution in [0.25, 0.3) is 17.1 Å². The van der Waals surface area contributed by atoms with Crippen LogP contribution in [0.2, 0.25) is 0 Å². The van der Waals surface area contributed by atoms with Gasteiger partial charge in [-0.1, -0.05) is 18.2 Å². The number of hydrogen-bond donors (Lipinski definition) is 2. The SMILES string of the molecule is Cc1cc(-c2nc(C(=O)Nc3cn(-c4ccccc4)nc3C(N)=O)co2)ccn1. The van der Waals surface area contributed by atoms with Gasteiger partial charge >= 0.3 is 0 Å². The molecule has 0 radical (unpaired) electrons. The predicted octanol–water partition coefficient (Wildman–Crippen LogP) is 2.58. The van der Waals surface area contributed by atoms with Crippen LogP contribution in [0.15, 0.2) is 65.5 Å². The molecular formula is C20H16N6O3. The lowest BCUT2D eigenvalue weighted by atomic mass is 10.2. The molecule has 0 bridgehead atoms. The van der Waals surface area contributed by atoms with Crippen LogP contribution in [-0.4, -0.2) is 31.6 Å². The predicted molar refractivity (Wildman–Crippen MR) is 105 cm³/mol. The molecule has 3 N–H and O–H groups in total. The summed E-state index contributed by atoms with van der Waals surface area (Å²) in [7, 11) is 0. The number of nitrogens with one attached hydrogen (secondary N) is 1. The van der Waals surface area contributed by atoms with Crippen LogP contribution in [0, 0.1) is 6.92 Å². The van der Waals surface area contributed by atoms with E-state index in [4.69, 9.17) is 10.2 Å². The van der Waals surface area contributed by atoms with E-state index in [2.05, 4.69) is 20.4 Å². The number of nitrogens with zero attached hydrogens (tertiary/aromatic N) is 4. The van der Waals surface area contributed by atoms with Crippen molar-refractivity contribution in [2.75, 3.05) is 5.32 Å². The number of benzene rings is 1. The number of pyridine rings is 1. The molecule has 3 aromatic heterocycles. The number of amides is 2. The standard InChI is InChI=1S/C20H16N6O3/c1-12-9-13(7-8-22-12)20-24-16(11-29-20)19(28)23-15-10-26(25-17(15)18(21)27)14-5-3-2-4-6-14/h2-11H,1H3,(H2,21,27)(H,23,28). The first-order chi connectivity index (χ1) is 14.0. The summed E-state index contributed by atoms with van der Waals surface area (Å²) in [6.45, 7) is 1.84. The number of primary amides is 1. The van der Waals surface area contributed by atoms with Crippen molar-refractivity contribution in [1.82, 2.24) is 19.7 Å². The number of aryl methyl sites for hydroxylation is 1. The lowest BCUT2D eigenvalue weighted by molar-refractivity contribution is 0.0996. The third kappa shape index (κ3) is 3.74. The zero-order valence-electron chi connectivity index (χ0n) is 15.4. The van der Waals surface area contributed by atoms with E-state index in [0.29, 0.717) is 11.3 Å². The highest BCUT2D eigenvalue weighted by molar-refractivity contribution is 6.07. The Morgan fingerprint density at radius 2 is 1.97 bits per heavy atom. The Labute approximate surface area is 165 Å². The molecule has 0 fully saturated rings. The summed E-state index contributed by atoms with van der Waals surface area (Å²) in [5.74, 6) is -1.03. The number of nitrogens with two attached hydrogens (primary N) is 1. The first-order valence-corrected chi connectivity index (χ1v) is 8.66. The monoisotopic (exact) mass is 388 g/mol. The van der Waals surface area contributed by atoms with Crippen molar-refractivity contribution < 1.29 is 14.0 Å². The van der Waals surface area contributed by atoms with Gasteiger partial charge in [-0.3, -0.25) is 14.6 Å². The summed E-state index contributed by atoms with van der Waals surface area (Å²) in [6, 6.07) is 12.7. The van der Waals surface area contributed by atoms with Crippen LogP contribution in [0.3, 0.4) is 0 Å². The van der Waals surface area contributed by atoms with Crippen molar-refractivity contribution in [2.45, 2.75) is 6.92 Å². The van der Waals surface area contributed by atoms with Gasteiger partial charge in [-0.2, -0.15) is 5.10 Å². The molecule has 0 aliphatic heterocycles. The molecule has 29 heavy (non-hydrogen) atoms. The van der Waals surface area contributed by atoms with E-state index in [1.807, 2.05) is 37.3 Å². The van der Waals surface area contributed by atoms with Crippen LogP contribution < -0.4 is 11.1 Å². The third-order valence-electron chi connectivity index (χ3n) is 4.10. The third-order valence-corrected chi connectivity index (χ3v) is 4.10. The molecule has 0 saturated heterocycles. The van der Waals surface area contributed by atoms with Crippen molar-refractivity contribution >= 4 is 17.5 Å². The number of aromatic nitrogens is 4. The lowest BCUT2D eigenvalue weighted by Crippen LogP contribution is -2.18. The first-order valence-electron chi connectivity index (χ1n) is 8.66. The Bertz CT molecular complexity index is 1200. The molecule has 3 heterocycles. The highest BCUT2D eigenvalue weighted by atomic mass is 16.3. The molecule has 0 spiro atoms. The lowest BCUT2D eigenvalue weighted by Gasteiger charge is -2.00. The second kappa shape index (κ2) is 7.39. The van der Waals surface area contributed by atoms with E-state index >= 15 is 0 Å². The minimum atomic E-state index is -0.761. The van der Waals surface area contributed by atoms with Crippen molar-refractivity contribution in [3.05, 3.63) is 78.2 Å². The second-order valence-electron chi connectivity index (χ2n) is 6.21. The molecule has 0 unspecified atom stereocenters. The Hall–Kier alpha value is -4.27. The van der Waals surface area contributed by atoms with E-state index in [-0.39, 0.29) is 23.0 Å². The zero-order valence-corrected chi connectivity index (χ0v) is 15.4. The molecule has 1 aromatic carbocycles. The van der Waals surface area contributed by atoms with Crippen LogP contribution in [0.1, 0.15) is 26.7 Å².